The molecule has 0 amide bonds. The normalized spacial score (nSPS) is 14.6. The largest absolute Gasteiger partial charge is 0.472 e. The van der Waals surface area contributed by atoms with Gasteiger partial charge in [0, 0.05) is 19.3 Å². The fourth-order valence-electron chi connectivity index (χ4n) is 13.1. The minimum absolute atomic E-state index is 0.0771. The summed E-state index contributed by atoms with van der Waals surface area (Å²) in [6.45, 7) is 2.36. The summed E-state index contributed by atoms with van der Waals surface area (Å²) in [5.41, 5.74) is 0. The quantitative estimate of drug-likeness (QED) is 0.0146. The molecular formula is C107H178O16P2. The highest BCUT2D eigenvalue weighted by Gasteiger charge is 2.30. The van der Waals surface area contributed by atoms with Gasteiger partial charge in [0.1, 0.15) is 25.4 Å². The van der Waals surface area contributed by atoms with Crippen LogP contribution in [0.3, 0.4) is 0 Å². The predicted octanol–water partition coefficient (Wildman–Crippen LogP) is 31.1. The van der Waals surface area contributed by atoms with Crippen LogP contribution in [0.25, 0.3) is 0 Å². The number of aliphatic hydroxyl groups excluding tert-OH is 2. The lowest BCUT2D eigenvalue weighted by Gasteiger charge is -2.21. The summed E-state index contributed by atoms with van der Waals surface area (Å²) in [7, 11) is -9.83. The number of ether oxygens (including phenoxy) is 3. The van der Waals surface area contributed by atoms with Crippen LogP contribution in [0.2, 0.25) is 0 Å². The number of allylic oxidation sites excluding steroid dienone is 34. The van der Waals surface area contributed by atoms with Crippen LogP contribution < -0.4 is 0 Å². The van der Waals surface area contributed by atoms with Gasteiger partial charge in [0.15, 0.2) is 6.10 Å². The Morgan fingerprint density at radius 3 is 0.632 bits per heavy atom. The van der Waals surface area contributed by atoms with E-state index in [0.29, 0.717) is 19.3 Å². The number of aliphatic hydroxyl groups is 2. The number of carbonyl (C=O) groups is 3. The molecule has 0 fully saturated rings. The van der Waals surface area contributed by atoms with Crippen LogP contribution >= 0.6 is 15.6 Å². The lowest BCUT2D eigenvalue weighted by Crippen LogP contribution is -2.30. The monoisotopic (exact) mass is 1780 g/mol. The first-order valence-electron chi connectivity index (χ1n) is 49.4. The number of rotatable bonds is 92. The zero-order valence-corrected chi connectivity index (χ0v) is 80.5. The summed E-state index contributed by atoms with van der Waals surface area (Å²) in [5, 5.41) is 20.8. The van der Waals surface area contributed by atoms with E-state index < -0.39 is 91.5 Å². The summed E-state index contributed by atoms with van der Waals surface area (Å²) in [6, 6.07) is 0. The van der Waals surface area contributed by atoms with Crippen LogP contribution in [-0.4, -0.2) is 95.9 Å². The van der Waals surface area contributed by atoms with E-state index in [1.165, 1.54) is 141 Å². The van der Waals surface area contributed by atoms with Gasteiger partial charge >= 0.3 is 33.6 Å². The molecule has 0 rings (SSSR count). The summed E-state index contributed by atoms with van der Waals surface area (Å²) in [5.74, 6) is -1.59. The number of esters is 3. The minimum atomic E-state index is -4.95. The molecular weight excluding hydrogens is 1600 g/mol. The number of carbonyl (C=O) groups excluding carboxylic acids is 3. The molecule has 0 aromatic carbocycles. The van der Waals surface area contributed by atoms with Crippen molar-refractivity contribution in [1.29, 1.82) is 0 Å². The zero-order valence-electron chi connectivity index (χ0n) is 78.7. The van der Waals surface area contributed by atoms with Gasteiger partial charge in [-0.1, -0.05) is 414 Å². The zero-order chi connectivity index (χ0) is 90.7. The molecule has 0 aliphatic rings. The van der Waals surface area contributed by atoms with Crippen LogP contribution in [-0.2, 0) is 55.8 Å². The van der Waals surface area contributed by atoms with Crippen LogP contribution in [0, 0.1) is 0 Å². The van der Waals surface area contributed by atoms with Gasteiger partial charge in [-0.05, 0) is 167 Å². The van der Waals surface area contributed by atoms with E-state index in [-0.39, 0.29) is 19.3 Å². The maximum Gasteiger partial charge on any atom is 0.472 e. The molecule has 0 spiro atoms. The van der Waals surface area contributed by atoms with Crippen molar-refractivity contribution < 1.29 is 75.8 Å². The van der Waals surface area contributed by atoms with E-state index in [9.17, 15) is 43.5 Å². The molecule has 5 unspecified atom stereocenters. The molecule has 0 bridgehead atoms. The van der Waals surface area contributed by atoms with Crippen molar-refractivity contribution in [2.75, 3.05) is 39.6 Å². The van der Waals surface area contributed by atoms with Gasteiger partial charge in [-0.15, -0.1) is 0 Å². The molecule has 0 aromatic heterocycles. The molecule has 0 aromatic rings. The van der Waals surface area contributed by atoms with Crippen molar-refractivity contribution in [2.45, 2.75) is 411 Å². The number of phosphoric acid groups is 2. The van der Waals surface area contributed by atoms with Crippen LogP contribution in [0.15, 0.2) is 207 Å². The molecule has 18 heteroatoms. The van der Waals surface area contributed by atoms with Gasteiger partial charge in [-0.3, -0.25) is 32.5 Å². The van der Waals surface area contributed by atoms with Gasteiger partial charge in [0.2, 0.25) is 0 Å². The SMILES string of the molecule is CC/C=C\C/C=C\C/C=C\C/C=C\C/C=C\C/C=C\CCCCCCCCCCCCCCCCCCC(=O)OCC(O)COP(=O)(O)OCC(O)COP(=O)(O)OCC(COC(=O)CCCCCCCCCCCCCCCC/C=C\C/C=C\C/C=C\C/C=C\C/C=C\C/C=C\CC)OC(=O)CCCCCCC/C=C\C/C=C\C/C=C\C/C=C\C/C=C\CC. The number of unbranched alkanes of at least 4 members (excludes halogenated alkanes) is 35. The van der Waals surface area contributed by atoms with E-state index in [4.69, 9.17) is 32.3 Å². The van der Waals surface area contributed by atoms with E-state index in [1.807, 2.05) is 0 Å². The average molecular weight is 1780 g/mol. The highest BCUT2D eigenvalue weighted by atomic mass is 31.2. The Morgan fingerprint density at radius 1 is 0.224 bits per heavy atom. The molecule has 5 atom stereocenters. The van der Waals surface area contributed by atoms with Crippen molar-refractivity contribution in [3.8, 4) is 0 Å². The van der Waals surface area contributed by atoms with Crippen molar-refractivity contribution >= 4 is 33.6 Å². The summed E-state index contributed by atoms with van der Waals surface area (Å²) >= 11 is 0. The average Bonchev–Trinajstić information content (AvgIpc) is 0.895. The maximum absolute atomic E-state index is 13.1. The number of hydrogen-bond donors (Lipinski definition) is 4. The first kappa shape index (κ1) is 119. The van der Waals surface area contributed by atoms with Crippen molar-refractivity contribution in [3.05, 3.63) is 207 Å². The molecule has 0 aliphatic carbocycles. The van der Waals surface area contributed by atoms with Crippen molar-refractivity contribution in [3.63, 3.8) is 0 Å². The van der Waals surface area contributed by atoms with Crippen molar-refractivity contribution in [2.24, 2.45) is 0 Å². The highest BCUT2D eigenvalue weighted by molar-refractivity contribution is 7.47. The Bertz CT molecular complexity index is 3100. The van der Waals surface area contributed by atoms with Gasteiger partial charge in [-0.2, -0.15) is 0 Å². The van der Waals surface area contributed by atoms with E-state index in [1.54, 1.807) is 0 Å². The summed E-state index contributed by atoms with van der Waals surface area (Å²) < 4.78 is 61.6. The Labute approximate surface area is 762 Å². The summed E-state index contributed by atoms with van der Waals surface area (Å²) in [4.78, 5) is 59.1. The second-order valence-corrected chi connectivity index (χ2v) is 35.3. The van der Waals surface area contributed by atoms with Gasteiger partial charge in [-0.25, -0.2) is 9.13 Å². The number of hydrogen-bond acceptors (Lipinski definition) is 14. The van der Waals surface area contributed by atoms with Crippen LogP contribution in [0.1, 0.15) is 393 Å². The Balaban J connectivity index is 4.56. The highest BCUT2D eigenvalue weighted by Crippen LogP contribution is 2.45. The third-order valence-corrected chi connectivity index (χ3v) is 22.4. The van der Waals surface area contributed by atoms with E-state index in [0.717, 1.165) is 193 Å². The third kappa shape index (κ3) is 98.6. The first-order valence-corrected chi connectivity index (χ1v) is 52.4. The fraction of sp³-hybridized carbons (Fsp3) is 0.654. The van der Waals surface area contributed by atoms with Crippen LogP contribution in [0.5, 0.6) is 0 Å². The van der Waals surface area contributed by atoms with Gasteiger partial charge in [0.05, 0.1) is 26.4 Å². The summed E-state index contributed by atoms with van der Waals surface area (Å²) in [6.07, 6.45) is 132. The second-order valence-electron chi connectivity index (χ2n) is 32.4. The Morgan fingerprint density at radius 2 is 0.400 bits per heavy atom. The molecule has 0 aliphatic heterocycles. The molecule has 125 heavy (non-hydrogen) atoms. The van der Waals surface area contributed by atoms with E-state index in [2.05, 4.69) is 227 Å². The number of phosphoric ester groups is 2. The lowest BCUT2D eigenvalue weighted by atomic mass is 10.0. The standard InChI is InChI=1S/C107H178O16P2/c1-4-7-10-13-16-19-22-25-28-31-34-37-39-41-43-45-47-49-50-52-54-55-57-59-61-64-66-69-72-75-78-81-84-87-90-93-105(110)117-96-102(108)97-119-124(113,114)120-98-103(109)99-121-125(115,116)122-101-104(123-107(112)95-92-89-86-83-80-77-74-71-68-63-36-33-30-27-24-21-18-15-12-9-6-3)100-118-106(111)94-91-88-85-82-79-76-73-70-67-65-62-60-58-56-53-51-48-46-44-42-40-38-35-32-29-26-23-20-17-14-11-8-5-2/h7-12,16-21,25-30,34-38,41-44,47-49,51,63,71,74,102-104,108-109H,4-6,13-15,22-24,31-33,39-40,45-46,50,52-62,64-70,72-73,75-101H2,1-3H3,(H,113,114)(H,115,116)/b10-7-,11-8-,12-9-,19-16-,20-17-,21-18-,28-25-,29-26-,30-27-,37-34-,38-35-,43-41-,44-42-,49-47-,51-48-,63-36-,74-71-. The first-order chi connectivity index (χ1) is 61.2. The van der Waals surface area contributed by atoms with Crippen molar-refractivity contribution in [1.82, 2.24) is 0 Å². The topological polar surface area (TPSA) is 231 Å². The predicted molar refractivity (Wildman–Crippen MR) is 527 cm³/mol. The van der Waals surface area contributed by atoms with E-state index >= 15 is 0 Å². The fourth-order valence-corrected chi connectivity index (χ4v) is 14.7. The Hall–Kier alpha value is -5.87. The molecule has 4 N–H and O–H groups in total. The molecule has 0 radical (unpaired) electrons. The molecule has 16 nitrogen and oxygen atoms in total. The molecule has 0 heterocycles. The maximum atomic E-state index is 13.1. The molecule has 0 saturated heterocycles. The smallest absolute Gasteiger partial charge is 0.463 e. The Kier molecular flexibility index (Phi) is 92.6. The molecule has 0 saturated carbocycles. The van der Waals surface area contributed by atoms with Gasteiger partial charge < -0.3 is 34.2 Å². The second kappa shape index (κ2) is 97.2. The minimum Gasteiger partial charge on any atom is -0.463 e. The van der Waals surface area contributed by atoms with Gasteiger partial charge in [0.25, 0.3) is 0 Å². The van der Waals surface area contributed by atoms with Crippen LogP contribution in [0.4, 0.5) is 0 Å². The third-order valence-electron chi connectivity index (χ3n) is 20.5. The lowest BCUT2D eigenvalue weighted by molar-refractivity contribution is -0.161. The molecule has 712 valence electrons.